The van der Waals surface area contributed by atoms with Gasteiger partial charge in [0.15, 0.2) is 6.10 Å². The van der Waals surface area contributed by atoms with Gasteiger partial charge in [-0.25, -0.2) is 4.98 Å². The monoisotopic (exact) mass is 385 g/mol. The summed E-state index contributed by atoms with van der Waals surface area (Å²) >= 11 is 3.10. The number of rotatable bonds is 6. The molecule has 0 spiro atoms. The van der Waals surface area contributed by atoms with Crippen molar-refractivity contribution in [3.05, 3.63) is 62.8 Å². The van der Waals surface area contributed by atoms with Gasteiger partial charge in [0.05, 0.1) is 12.1 Å². The summed E-state index contributed by atoms with van der Waals surface area (Å²) in [6.07, 6.45) is -0.761. The number of carbonyl (C=O) groups excluding carboxylic acids is 2. The van der Waals surface area contributed by atoms with Crippen LogP contribution in [0.3, 0.4) is 0 Å². The third-order valence-corrected chi connectivity index (χ3v) is 5.60. The molecule has 6 heteroatoms. The maximum absolute atomic E-state index is 12.6. The number of thiazole rings is 1. The van der Waals surface area contributed by atoms with Crippen molar-refractivity contribution in [3.8, 4) is 10.6 Å². The smallest absolute Gasteiger partial charge is 0.312 e. The third-order valence-electron chi connectivity index (χ3n) is 3.98. The zero-order valence-electron chi connectivity index (χ0n) is 14.8. The van der Waals surface area contributed by atoms with E-state index in [4.69, 9.17) is 4.74 Å². The summed E-state index contributed by atoms with van der Waals surface area (Å²) in [6, 6.07) is 7.68. The second-order valence-electron chi connectivity index (χ2n) is 6.15. The van der Waals surface area contributed by atoms with E-state index in [-0.39, 0.29) is 12.2 Å². The maximum Gasteiger partial charge on any atom is 0.312 e. The second-order valence-corrected chi connectivity index (χ2v) is 7.79. The highest BCUT2D eigenvalue weighted by molar-refractivity contribution is 7.14. The van der Waals surface area contributed by atoms with Crippen molar-refractivity contribution in [2.24, 2.45) is 0 Å². The summed E-state index contributed by atoms with van der Waals surface area (Å²) in [7, 11) is 0. The molecule has 1 atom stereocenters. The van der Waals surface area contributed by atoms with Crippen LogP contribution in [-0.4, -0.2) is 22.8 Å². The zero-order valence-corrected chi connectivity index (χ0v) is 16.4. The fourth-order valence-corrected chi connectivity index (χ4v) is 4.10. The summed E-state index contributed by atoms with van der Waals surface area (Å²) in [5.74, 6) is -0.630. The largest absolute Gasteiger partial charge is 0.454 e. The highest BCUT2D eigenvalue weighted by Crippen LogP contribution is 2.26. The second kappa shape index (κ2) is 7.93. The molecule has 3 aromatic rings. The molecule has 0 N–H and O–H groups in total. The van der Waals surface area contributed by atoms with Crippen LogP contribution < -0.4 is 0 Å². The molecular weight excluding hydrogens is 366 g/mol. The summed E-state index contributed by atoms with van der Waals surface area (Å²) in [5.41, 5.74) is 4.19. The van der Waals surface area contributed by atoms with Crippen molar-refractivity contribution in [1.82, 2.24) is 4.98 Å². The van der Waals surface area contributed by atoms with Crippen LogP contribution in [0.15, 0.2) is 40.4 Å². The van der Waals surface area contributed by atoms with Crippen LogP contribution in [0.5, 0.6) is 0 Å². The number of ketones is 1. The lowest BCUT2D eigenvalue weighted by Crippen LogP contribution is -2.26. The molecule has 0 bridgehead atoms. The number of aryl methyl sites for hydroxylation is 2. The number of aromatic nitrogens is 1. The minimum Gasteiger partial charge on any atom is -0.454 e. The van der Waals surface area contributed by atoms with E-state index in [1.807, 2.05) is 54.3 Å². The Kier molecular flexibility index (Phi) is 5.64. The Bertz CT molecular complexity index is 928. The minimum atomic E-state index is -0.821. The summed E-state index contributed by atoms with van der Waals surface area (Å²) in [6.45, 7) is 5.42. The standard InChI is InChI=1S/C20H19NO3S2/c1-12-4-5-13(2)17(8-12)19(23)14(3)24-18(22)9-16-11-26-20(21-16)15-6-7-25-10-15/h4-8,10-11,14H,9H2,1-3H3/t14-/m1/s1. The Morgan fingerprint density at radius 1 is 1.19 bits per heavy atom. The van der Waals surface area contributed by atoms with Gasteiger partial charge in [-0.1, -0.05) is 17.7 Å². The number of carbonyl (C=O) groups is 2. The first-order chi connectivity index (χ1) is 12.4. The molecule has 0 saturated heterocycles. The van der Waals surface area contributed by atoms with Crippen LogP contribution in [0.2, 0.25) is 0 Å². The van der Waals surface area contributed by atoms with Gasteiger partial charge in [-0.15, -0.1) is 11.3 Å². The average molecular weight is 386 g/mol. The van der Waals surface area contributed by atoms with Gasteiger partial charge < -0.3 is 4.74 Å². The summed E-state index contributed by atoms with van der Waals surface area (Å²) < 4.78 is 5.34. The van der Waals surface area contributed by atoms with E-state index in [0.29, 0.717) is 11.3 Å². The van der Waals surface area contributed by atoms with Crippen molar-refractivity contribution in [2.75, 3.05) is 0 Å². The number of esters is 1. The Balaban J connectivity index is 1.62. The molecule has 0 saturated carbocycles. The van der Waals surface area contributed by atoms with Crippen molar-refractivity contribution in [1.29, 1.82) is 0 Å². The topological polar surface area (TPSA) is 56.3 Å². The molecule has 26 heavy (non-hydrogen) atoms. The molecule has 2 aromatic heterocycles. The molecule has 2 heterocycles. The number of hydrogen-bond acceptors (Lipinski definition) is 6. The summed E-state index contributed by atoms with van der Waals surface area (Å²) in [4.78, 5) is 29.2. The molecule has 1 aromatic carbocycles. The lowest BCUT2D eigenvalue weighted by Gasteiger charge is -2.14. The molecule has 0 fully saturated rings. The third kappa shape index (κ3) is 4.26. The molecule has 0 aliphatic heterocycles. The van der Waals surface area contributed by atoms with E-state index in [9.17, 15) is 9.59 Å². The number of benzene rings is 1. The van der Waals surface area contributed by atoms with Crippen LogP contribution >= 0.6 is 22.7 Å². The van der Waals surface area contributed by atoms with Crippen LogP contribution in [0, 0.1) is 13.8 Å². The maximum atomic E-state index is 12.6. The van der Waals surface area contributed by atoms with Gasteiger partial charge in [0.1, 0.15) is 5.01 Å². The van der Waals surface area contributed by atoms with Gasteiger partial charge >= 0.3 is 5.97 Å². The van der Waals surface area contributed by atoms with Crippen molar-refractivity contribution < 1.29 is 14.3 Å². The molecule has 3 rings (SSSR count). The first kappa shape index (κ1) is 18.5. The number of ether oxygens (including phenoxy) is 1. The predicted octanol–water partition coefficient (Wildman–Crippen LogP) is 4.85. The van der Waals surface area contributed by atoms with E-state index in [1.54, 1.807) is 18.3 Å². The summed E-state index contributed by atoms with van der Waals surface area (Å²) in [5, 5.41) is 6.75. The van der Waals surface area contributed by atoms with E-state index in [2.05, 4.69) is 4.98 Å². The fourth-order valence-electron chi connectivity index (χ4n) is 2.57. The quantitative estimate of drug-likeness (QED) is 0.450. The normalized spacial score (nSPS) is 12.0. The van der Waals surface area contributed by atoms with Gasteiger partial charge in [-0.2, -0.15) is 11.3 Å². The van der Waals surface area contributed by atoms with Crippen LogP contribution in [0.25, 0.3) is 10.6 Å². The van der Waals surface area contributed by atoms with Crippen molar-refractivity contribution in [3.63, 3.8) is 0 Å². The Morgan fingerprint density at radius 3 is 2.73 bits per heavy atom. The molecule has 0 aliphatic carbocycles. The molecule has 0 unspecified atom stereocenters. The fraction of sp³-hybridized carbons (Fsp3) is 0.250. The Hall–Kier alpha value is -2.31. The number of nitrogens with zero attached hydrogens (tertiary/aromatic N) is 1. The van der Waals surface area contributed by atoms with E-state index in [1.165, 1.54) is 11.3 Å². The van der Waals surface area contributed by atoms with Gasteiger partial charge in [-0.05, 0) is 43.8 Å². The predicted molar refractivity (Wildman–Crippen MR) is 105 cm³/mol. The van der Waals surface area contributed by atoms with Gasteiger partial charge in [-0.3, -0.25) is 9.59 Å². The van der Waals surface area contributed by atoms with Crippen LogP contribution in [-0.2, 0) is 16.0 Å². The van der Waals surface area contributed by atoms with Gasteiger partial charge in [0, 0.05) is 21.9 Å². The highest BCUT2D eigenvalue weighted by Gasteiger charge is 2.22. The number of hydrogen-bond donors (Lipinski definition) is 0. The van der Waals surface area contributed by atoms with Gasteiger partial charge in [0.25, 0.3) is 0 Å². The first-order valence-corrected chi connectivity index (χ1v) is 10.0. The molecule has 0 radical (unpaired) electrons. The van der Waals surface area contributed by atoms with Crippen molar-refractivity contribution >= 4 is 34.4 Å². The van der Waals surface area contributed by atoms with Crippen LogP contribution in [0.4, 0.5) is 0 Å². The van der Waals surface area contributed by atoms with E-state index in [0.717, 1.165) is 21.7 Å². The Morgan fingerprint density at radius 2 is 2.00 bits per heavy atom. The number of thiophene rings is 1. The lowest BCUT2D eigenvalue weighted by atomic mass is 9.99. The lowest BCUT2D eigenvalue weighted by molar-refractivity contribution is -0.145. The SMILES string of the molecule is Cc1ccc(C)c(C(=O)[C@@H](C)OC(=O)Cc2csc(-c3ccsc3)n2)c1. The minimum absolute atomic E-state index is 0.0606. The Labute approximate surface area is 160 Å². The zero-order chi connectivity index (χ0) is 18.7. The molecule has 0 aliphatic rings. The van der Waals surface area contributed by atoms with Gasteiger partial charge in [0.2, 0.25) is 5.78 Å². The molecule has 134 valence electrons. The van der Waals surface area contributed by atoms with E-state index >= 15 is 0 Å². The molecular formula is C20H19NO3S2. The molecule has 4 nitrogen and oxygen atoms in total. The van der Waals surface area contributed by atoms with Crippen molar-refractivity contribution in [2.45, 2.75) is 33.3 Å². The van der Waals surface area contributed by atoms with Crippen LogP contribution in [0.1, 0.15) is 34.1 Å². The molecule has 0 amide bonds. The first-order valence-electron chi connectivity index (χ1n) is 8.22. The highest BCUT2D eigenvalue weighted by atomic mass is 32.1. The van der Waals surface area contributed by atoms with E-state index < -0.39 is 12.1 Å². The number of Topliss-reactive ketones (excluding diaryl/α,β-unsaturated/α-hetero) is 1. The average Bonchev–Trinajstić information content (AvgIpc) is 3.27.